The first-order valence-electron chi connectivity index (χ1n) is 10.2. The van der Waals surface area contributed by atoms with Crippen LogP contribution in [0.15, 0.2) is 35.3 Å². The van der Waals surface area contributed by atoms with E-state index in [4.69, 9.17) is 9.47 Å². The molecule has 1 saturated heterocycles. The SMILES string of the molecule is CN=C(NCCCOCC1CCOCC1)NCC(=O)NCCc1ccccc1.I. The average molecular weight is 518 g/mol. The summed E-state index contributed by atoms with van der Waals surface area (Å²) in [5, 5.41) is 9.15. The van der Waals surface area contributed by atoms with E-state index in [0.717, 1.165) is 58.7 Å². The van der Waals surface area contributed by atoms with Crippen LogP contribution < -0.4 is 16.0 Å². The number of nitrogens with zero attached hydrogens (tertiary/aromatic N) is 1. The molecule has 3 N–H and O–H groups in total. The van der Waals surface area contributed by atoms with E-state index >= 15 is 0 Å². The third-order valence-corrected chi connectivity index (χ3v) is 4.67. The van der Waals surface area contributed by atoms with Gasteiger partial charge in [-0.1, -0.05) is 30.3 Å². The number of rotatable bonds is 11. The van der Waals surface area contributed by atoms with Crippen molar-refractivity contribution >= 4 is 35.8 Å². The summed E-state index contributed by atoms with van der Waals surface area (Å²) < 4.78 is 11.1. The maximum Gasteiger partial charge on any atom is 0.239 e. The van der Waals surface area contributed by atoms with E-state index in [1.165, 1.54) is 5.56 Å². The number of carbonyl (C=O) groups excluding carboxylic acids is 1. The summed E-state index contributed by atoms with van der Waals surface area (Å²) in [5.41, 5.74) is 1.22. The lowest BCUT2D eigenvalue weighted by Gasteiger charge is -2.21. The summed E-state index contributed by atoms with van der Waals surface area (Å²) >= 11 is 0. The summed E-state index contributed by atoms with van der Waals surface area (Å²) in [6.07, 6.45) is 3.92. The first-order valence-corrected chi connectivity index (χ1v) is 10.2. The fourth-order valence-corrected chi connectivity index (χ4v) is 2.98. The van der Waals surface area contributed by atoms with Gasteiger partial charge in [-0.2, -0.15) is 0 Å². The number of aliphatic imine (C=N–C) groups is 1. The molecule has 0 aromatic heterocycles. The highest BCUT2D eigenvalue weighted by Crippen LogP contribution is 2.14. The monoisotopic (exact) mass is 518 g/mol. The Labute approximate surface area is 191 Å². The van der Waals surface area contributed by atoms with E-state index in [0.29, 0.717) is 18.4 Å². The average Bonchev–Trinajstić information content (AvgIpc) is 2.74. The van der Waals surface area contributed by atoms with Crippen molar-refractivity contribution in [2.45, 2.75) is 25.7 Å². The molecular weight excluding hydrogens is 483 g/mol. The molecule has 1 aliphatic heterocycles. The zero-order valence-electron chi connectivity index (χ0n) is 17.3. The number of benzene rings is 1. The minimum atomic E-state index is -0.0429. The van der Waals surface area contributed by atoms with Crippen LogP contribution in [0, 0.1) is 5.92 Å². The Balaban J connectivity index is 0.00000420. The van der Waals surface area contributed by atoms with Crippen molar-refractivity contribution < 1.29 is 14.3 Å². The molecular formula is C21H35IN4O3. The molecule has 164 valence electrons. The summed E-state index contributed by atoms with van der Waals surface area (Å²) in [7, 11) is 1.70. The Morgan fingerprint density at radius 3 is 2.62 bits per heavy atom. The number of carbonyl (C=O) groups is 1. The number of ether oxygens (including phenoxy) is 2. The zero-order valence-corrected chi connectivity index (χ0v) is 19.7. The Hall–Kier alpha value is -1.39. The number of nitrogens with one attached hydrogen (secondary N) is 3. The van der Waals surface area contributed by atoms with Gasteiger partial charge in [0, 0.05) is 46.6 Å². The molecule has 1 aromatic rings. The minimum Gasteiger partial charge on any atom is -0.381 e. The number of guanidine groups is 1. The molecule has 29 heavy (non-hydrogen) atoms. The van der Waals surface area contributed by atoms with Crippen molar-refractivity contribution in [1.29, 1.82) is 0 Å². The molecule has 2 rings (SSSR count). The fraction of sp³-hybridized carbons (Fsp3) is 0.619. The Morgan fingerprint density at radius 2 is 1.90 bits per heavy atom. The standard InChI is InChI=1S/C21H34N4O3.HI/c1-22-21(24-11-5-13-28-17-19-9-14-27-15-10-19)25-16-20(26)23-12-8-18-6-3-2-4-7-18;/h2-4,6-7,19H,5,8-17H2,1H3,(H,23,26)(H2,22,24,25);1H. The Morgan fingerprint density at radius 1 is 1.14 bits per heavy atom. The van der Waals surface area contributed by atoms with Crippen LogP contribution in [0.25, 0.3) is 0 Å². The van der Waals surface area contributed by atoms with Gasteiger partial charge in [-0.15, -0.1) is 24.0 Å². The van der Waals surface area contributed by atoms with Crippen molar-refractivity contribution in [3.63, 3.8) is 0 Å². The van der Waals surface area contributed by atoms with Gasteiger partial charge in [0.1, 0.15) is 0 Å². The lowest BCUT2D eigenvalue weighted by atomic mass is 10.0. The predicted octanol–water partition coefficient (Wildman–Crippen LogP) is 1.96. The smallest absolute Gasteiger partial charge is 0.239 e. The molecule has 0 radical (unpaired) electrons. The maximum absolute atomic E-state index is 11.9. The molecule has 1 aliphatic rings. The minimum absolute atomic E-state index is 0. The molecule has 0 aliphatic carbocycles. The number of amides is 1. The summed E-state index contributed by atoms with van der Waals surface area (Å²) in [6.45, 7) is 4.84. The third kappa shape index (κ3) is 12.0. The highest BCUT2D eigenvalue weighted by atomic mass is 127. The molecule has 1 aromatic carbocycles. The van der Waals surface area contributed by atoms with E-state index in [9.17, 15) is 4.79 Å². The molecule has 1 heterocycles. The van der Waals surface area contributed by atoms with Gasteiger partial charge < -0.3 is 25.4 Å². The van der Waals surface area contributed by atoms with Crippen molar-refractivity contribution in [3.8, 4) is 0 Å². The van der Waals surface area contributed by atoms with Gasteiger partial charge in [-0.3, -0.25) is 9.79 Å². The van der Waals surface area contributed by atoms with Crippen LogP contribution in [0.1, 0.15) is 24.8 Å². The third-order valence-electron chi connectivity index (χ3n) is 4.67. The van der Waals surface area contributed by atoms with Gasteiger partial charge in [-0.25, -0.2) is 0 Å². The Kier molecular flexibility index (Phi) is 14.5. The van der Waals surface area contributed by atoms with Crippen molar-refractivity contribution in [2.24, 2.45) is 10.9 Å². The van der Waals surface area contributed by atoms with Crippen LogP contribution in [0.3, 0.4) is 0 Å². The van der Waals surface area contributed by atoms with Gasteiger partial charge in [0.15, 0.2) is 5.96 Å². The zero-order chi connectivity index (χ0) is 19.9. The summed E-state index contributed by atoms with van der Waals surface area (Å²) in [6, 6.07) is 10.1. The van der Waals surface area contributed by atoms with Gasteiger partial charge in [0.05, 0.1) is 6.54 Å². The van der Waals surface area contributed by atoms with Gasteiger partial charge in [0.25, 0.3) is 0 Å². The first kappa shape index (κ1) is 25.6. The molecule has 1 fully saturated rings. The van der Waals surface area contributed by atoms with Gasteiger partial charge >= 0.3 is 0 Å². The van der Waals surface area contributed by atoms with E-state index in [1.54, 1.807) is 7.05 Å². The van der Waals surface area contributed by atoms with Gasteiger partial charge in [0.2, 0.25) is 5.91 Å². The second-order valence-corrected chi connectivity index (χ2v) is 6.92. The second-order valence-electron chi connectivity index (χ2n) is 6.92. The quantitative estimate of drug-likeness (QED) is 0.181. The summed E-state index contributed by atoms with van der Waals surface area (Å²) in [4.78, 5) is 16.1. The van der Waals surface area contributed by atoms with Crippen LogP contribution in [0.5, 0.6) is 0 Å². The van der Waals surface area contributed by atoms with Crippen molar-refractivity contribution in [3.05, 3.63) is 35.9 Å². The number of halogens is 1. The molecule has 0 bridgehead atoms. The van der Waals surface area contributed by atoms with Crippen LogP contribution in [0.2, 0.25) is 0 Å². The number of hydrogen-bond donors (Lipinski definition) is 3. The largest absolute Gasteiger partial charge is 0.381 e. The van der Waals surface area contributed by atoms with E-state index in [2.05, 4.69) is 33.1 Å². The normalized spacial score (nSPS) is 14.7. The first-order chi connectivity index (χ1) is 13.8. The van der Waals surface area contributed by atoms with Gasteiger partial charge in [-0.05, 0) is 37.2 Å². The fourth-order valence-electron chi connectivity index (χ4n) is 2.98. The van der Waals surface area contributed by atoms with E-state index < -0.39 is 0 Å². The molecule has 8 heteroatoms. The maximum atomic E-state index is 11.9. The molecule has 1 amide bonds. The number of hydrogen-bond acceptors (Lipinski definition) is 4. The topological polar surface area (TPSA) is 84.0 Å². The van der Waals surface area contributed by atoms with Crippen LogP contribution >= 0.6 is 24.0 Å². The van der Waals surface area contributed by atoms with Crippen LogP contribution in [-0.4, -0.2) is 65.0 Å². The highest BCUT2D eigenvalue weighted by molar-refractivity contribution is 14.0. The Bertz CT molecular complexity index is 581. The molecule has 0 unspecified atom stereocenters. The van der Waals surface area contributed by atoms with Crippen LogP contribution in [-0.2, 0) is 20.7 Å². The summed E-state index contributed by atoms with van der Waals surface area (Å²) in [5.74, 6) is 1.22. The molecule has 7 nitrogen and oxygen atoms in total. The highest BCUT2D eigenvalue weighted by Gasteiger charge is 2.13. The molecule has 0 spiro atoms. The lowest BCUT2D eigenvalue weighted by Crippen LogP contribution is -2.43. The van der Waals surface area contributed by atoms with Crippen LogP contribution in [0.4, 0.5) is 0 Å². The predicted molar refractivity (Wildman–Crippen MR) is 127 cm³/mol. The van der Waals surface area contributed by atoms with Crippen molar-refractivity contribution in [2.75, 3.05) is 53.1 Å². The molecule has 0 atom stereocenters. The van der Waals surface area contributed by atoms with Crippen molar-refractivity contribution in [1.82, 2.24) is 16.0 Å². The van der Waals surface area contributed by atoms with E-state index in [1.807, 2.05) is 18.2 Å². The second kappa shape index (κ2) is 16.4. The van der Waals surface area contributed by atoms with E-state index in [-0.39, 0.29) is 36.4 Å². The molecule has 0 saturated carbocycles. The lowest BCUT2D eigenvalue weighted by molar-refractivity contribution is -0.119.